The number of aromatic nitrogens is 1. The number of esters is 1. The molecule has 25 heavy (non-hydrogen) atoms. The first-order chi connectivity index (χ1) is 12.2. The van der Waals surface area contributed by atoms with Crippen LogP contribution in [0, 0.1) is 0 Å². The Kier molecular flexibility index (Phi) is 5.28. The molecule has 1 amide bonds. The molecule has 1 aromatic carbocycles. The molecule has 1 fully saturated rings. The van der Waals surface area contributed by atoms with Gasteiger partial charge in [0.25, 0.3) is 5.91 Å². The molecule has 130 valence electrons. The van der Waals surface area contributed by atoms with Crippen LogP contribution in [0.3, 0.4) is 0 Å². The third kappa shape index (κ3) is 3.96. The summed E-state index contributed by atoms with van der Waals surface area (Å²) in [4.78, 5) is 30.9. The van der Waals surface area contributed by atoms with Crippen LogP contribution in [0.4, 0.5) is 11.4 Å². The molecule has 0 bridgehead atoms. The van der Waals surface area contributed by atoms with E-state index in [2.05, 4.69) is 15.2 Å². The average Bonchev–Trinajstić information content (AvgIpc) is 3.17. The van der Waals surface area contributed by atoms with Gasteiger partial charge >= 0.3 is 5.97 Å². The van der Waals surface area contributed by atoms with Crippen molar-refractivity contribution >= 4 is 23.3 Å². The molecule has 1 saturated heterocycles. The van der Waals surface area contributed by atoms with Crippen LogP contribution in [0.5, 0.6) is 0 Å². The maximum atomic E-state index is 12.4. The van der Waals surface area contributed by atoms with Crippen LogP contribution in [0.1, 0.15) is 40.6 Å². The standard InChI is InChI=1S/C19H21N3O3/c1-2-25-19(24)15-7-3-4-8-16(15)21-18(23)17-10-9-14(13-20-17)22-11-5-6-12-22/h3-4,7-10,13H,2,5-6,11-12H2,1H3,(H,21,23). The molecule has 1 aliphatic rings. The van der Waals surface area contributed by atoms with E-state index in [1.807, 2.05) is 6.07 Å². The Labute approximate surface area is 146 Å². The van der Waals surface area contributed by atoms with Gasteiger partial charge in [-0.1, -0.05) is 12.1 Å². The number of amides is 1. The van der Waals surface area contributed by atoms with Gasteiger partial charge in [0.15, 0.2) is 0 Å². The summed E-state index contributed by atoms with van der Waals surface area (Å²) < 4.78 is 5.02. The Morgan fingerprint density at radius 3 is 2.60 bits per heavy atom. The monoisotopic (exact) mass is 339 g/mol. The van der Waals surface area contributed by atoms with Crippen molar-refractivity contribution in [2.45, 2.75) is 19.8 Å². The number of nitrogens with zero attached hydrogens (tertiary/aromatic N) is 2. The summed E-state index contributed by atoms with van der Waals surface area (Å²) in [7, 11) is 0. The van der Waals surface area contributed by atoms with Gasteiger partial charge in [-0.15, -0.1) is 0 Å². The second-order valence-corrected chi connectivity index (χ2v) is 5.82. The van der Waals surface area contributed by atoms with Gasteiger partial charge in [-0.2, -0.15) is 0 Å². The fourth-order valence-electron chi connectivity index (χ4n) is 2.85. The lowest BCUT2D eigenvalue weighted by Crippen LogP contribution is -2.19. The highest BCUT2D eigenvalue weighted by Crippen LogP contribution is 2.20. The van der Waals surface area contributed by atoms with Crippen molar-refractivity contribution in [3.05, 3.63) is 53.9 Å². The van der Waals surface area contributed by atoms with Gasteiger partial charge in [-0.05, 0) is 44.0 Å². The SMILES string of the molecule is CCOC(=O)c1ccccc1NC(=O)c1ccc(N2CCCC2)cn1. The molecule has 6 heteroatoms. The Bertz CT molecular complexity index is 753. The van der Waals surface area contributed by atoms with Crippen LogP contribution < -0.4 is 10.2 Å². The molecule has 1 aromatic heterocycles. The highest BCUT2D eigenvalue weighted by molar-refractivity contribution is 6.07. The van der Waals surface area contributed by atoms with Crippen molar-refractivity contribution in [1.29, 1.82) is 0 Å². The van der Waals surface area contributed by atoms with E-state index in [0.717, 1.165) is 18.8 Å². The van der Waals surface area contributed by atoms with Crippen LogP contribution >= 0.6 is 0 Å². The van der Waals surface area contributed by atoms with Crippen molar-refractivity contribution in [3.63, 3.8) is 0 Å². The smallest absolute Gasteiger partial charge is 0.340 e. The van der Waals surface area contributed by atoms with Crippen LogP contribution in [0.15, 0.2) is 42.6 Å². The molecule has 0 radical (unpaired) electrons. The topological polar surface area (TPSA) is 71.5 Å². The van der Waals surface area contributed by atoms with Crippen LogP contribution in [0.25, 0.3) is 0 Å². The van der Waals surface area contributed by atoms with Gasteiger partial charge in [-0.25, -0.2) is 9.78 Å². The van der Waals surface area contributed by atoms with E-state index >= 15 is 0 Å². The zero-order valence-corrected chi connectivity index (χ0v) is 14.2. The Hall–Kier alpha value is -2.89. The van der Waals surface area contributed by atoms with Crippen LogP contribution in [0.2, 0.25) is 0 Å². The lowest BCUT2D eigenvalue weighted by molar-refractivity contribution is 0.0527. The number of carbonyl (C=O) groups is 2. The summed E-state index contributed by atoms with van der Waals surface area (Å²) in [5, 5.41) is 2.74. The minimum atomic E-state index is -0.462. The van der Waals surface area contributed by atoms with E-state index in [9.17, 15) is 9.59 Å². The number of rotatable bonds is 5. The third-order valence-electron chi connectivity index (χ3n) is 4.12. The molecule has 0 atom stereocenters. The molecule has 2 heterocycles. The Balaban J connectivity index is 1.73. The van der Waals surface area contributed by atoms with E-state index in [1.54, 1.807) is 43.5 Å². The summed E-state index contributed by atoms with van der Waals surface area (Å²) >= 11 is 0. The number of hydrogen-bond acceptors (Lipinski definition) is 5. The van der Waals surface area contributed by atoms with Crippen LogP contribution in [-0.2, 0) is 4.74 Å². The maximum Gasteiger partial charge on any atom is 0.340 e. The van der Waals surface area contributed by atoms with E-state index in [0.29, 0.717) is 16.9 Å². The highest BCUT2D eigenvalue weighted by atomic mass is 16.5. The van der Waals surface area contributed by atoms with Gasteiger partial charge in [0.05, 0.1) is 29.7 Å². The molecular weight excluding hydrogens is 318 g/mol. The van der Waals surface area contributed by atoms with Crippen molar-refractivity contribution < 1.29 is 14.3 Å². The molecule has 0 unspecified atom stereocenters. The zero-order valence-electron chi connectivity index (χ0n) is 14.2. The first kappa shape index (κ1) is 17.0. The van der Waals surface area contributed by atoms with Gasteiger partial charge in [-0.3, -0.25) is 4.79 Å². The molecule has 1 aliphatic heterocycles. The normalized spacial score (nSPS) is 13.6. The summed E-state index contributed by atoms with van der Waals surface area (Å²) in [5.74, 6) is -0.819. The summed E-state index contributed by atoms with van der Waals surface area (Å²) in [5.41, 5.74) is 2.07. The fourth-order valence-corrected chi connectivity index (χ4v) is 2.85. The van der Waals surface area contributed by atoms with E-state index in [4.69, 9.17) is 4.74 Å². The predicted molar refractivity (Wildman–Crippen MR) is 96.0 cm³/mol. The zero-order chi connectivity index (χ0) is 17.6. The number of ether oxygens (including phenoxy) is 1. The number of pyridine rings is 1. The molecule has 6 nitrogen and oxygen atoms in total. The Morgan fingerprint density at radius 2 is 1.92 bits per heavy atom. The second kappa shape index (κ2) is 7.79. The molecule has 3 rings (SSSR count). The van der Waals surface area contributed by atoms with E-state index < -0.39 is 5.97 Å². The molecule has 0 saturated carbocycles. The number of nitrogens with one attached hydrogen (secondary N) is 1. The summed E-state index contributed by atoms with van der Waals surface area (Å²) in [6.45, 7) is 4.08. The predicted octanol–water partition coefficient (Wildman–Crippen LogP) is 3.11. The molecule has 2 aromatic rings. The lowest BCUT2D eigenvalue weighted by Gasteiger charge is -2.17. The van der Waals surface area contributed by atoms with Gasteiger partial charge in [0.1, 0.15) is 5.69 Å². The third-order valence-corrected chi connectivity index (χ3v) is 4.12. The minimum absolute atomic E-state index is 0.278. The Morgan fingerprint density at radius 1 is 1.16 bits per heavy atom. The van der Waals surface area contributed by atoms with Crippen molar-refractivity contribution in [2.75, 3.05) is 29.9 Å². The minimum Gasteiger partial charge on any atom is -0.462 e. The molecule has 1 N–H and O–H groups in total. The largest absolute Gasteiger partial charge is 0.462 e. The molecule has 0 spiro atoms. The van der Waals surface area contributed by atoms with Crippen molar-refractivity contribution in [2.24, 2.45) is 0 Å². The lowest BCUT2D eigenvalue weighted by atomic mass is 10.1. The van der Waals surface area contributed by atoms with E-state index in [-0.39, 0.29) is 12.5 Å². The number of carbonyl (C=O) groups excluding carboxylic acids is 2. The number of anilines is 2. The quantitative estimate of drug-likeness (QED) is 0.848. The van der Waals surface area contributed by atoms with Gasteiger partial charge < -0.3 is 15.0 Å². The summed E-state index contributed by atoms with van der Waals surface area (Å²) in [6, 6.07) is 10.4. The van der Waals surface area contributed by atoms with Crippen LogP contribution in [-0.4, -0.2) is 36.6 Å². The first-order valence-corrected chi connectivity index (χ1v) is 8.47. The summed E-state index contributed by atoms with van der Waals surface area (Å²) in [6.07, 6.45) is 4.09. The fraction of sp³-hybridized carbons (Fsp3) is 0.316. The number of para-hydroxylation sites is 1. The van der Waals surface area contributed by atoms with E-state index in [1.165, 1.54) is 12.8 Å². The van der Waals surface area contributed by atoms with Crippen molar-refractivity contribution in [1.82, 2.24) is 4.98 Å². The molecular formula is C19H21N3O3. The highest BCUT2D eigenvalue weighted by Gasteiger charge is 2.17. The average molecular weight is 339 g/mol. The first-order valence-electron chi connectivity index (χ1n) is 8.47. The maximum absolute atomic E-state index is 12.4. The van der Waals surface area contributed by atoms with Gasteiger partial charge in [0.2, 0.25) is 0 Å². The second-order valence-electron chi connectivity index (χ2n) is 5.82. The number of benzene rings is 1. The van der Waals surface area contributed by atoms with Gasteiger partial charge in [0, 0.05) is 13.1 Å². The molecule has 0 aliphatic carbocycles. The van der Waals surface area contributed by atoms with Crippen molar-refractivity contribution in [3.8, 4) is 0 Å². The number of hydrogen-bond donors (Lipinski definition) is 1.